The Bertz CT molecular complexity index is 903. The molecular weight excluding hydrogens is 383 g/mol. The van der Waals surface area contributed by atoms with E-state index < -0.39 is 5.82 Å². The second-order valence-electron chi connectivity index (χ2n) is 8.20. The molecule has 3 rings (SSSR count). The van der Waals surface area contributed by atoms with Gasteiger partial charge in [-0.2, -0.15) is 0 Å². The summed E-state index contributed by atoms with van der Waals surface area (Å²) in [5, 5.41) is 5.70. The second kappa shape index (κ2) is 9.82. The molecule has 1 saturated heterocycles. The molecule has 0 saturated carbocycles. The van der Waals surface area contributed by atoms with Crippen LogP contribution in [0.25, 0.3) is 0 Å². The number of piperazine rings is 1. The first kappa shape index (κ1) is 21.9. The van der Waals surface area contributed by atoms with E-state index in [1.165, 1.54) is 11.0 Å². The van der Waals surface area contributed by atoms with E-state index in [2.05, 4.69) is 10.6 Å². The van der Waals surface area contributed by atoms with Crippen molar-refractivity contribution in [2.45, 2.75) is 20.8 Å². The number of nitrogens with one attached hydrogen (secondary N) is 4. The van der Waals surface area contributed by atoms with E-state index in [9.17, 15) is 14.0 Å². The Kier molecular flexibility index (Phi) is 7.18. The fourth-order valence-corrected chi connectivity index (χ4v) is 3.88. The Morgan fingerprint density at radius 3 is 1.93 bits per heavy atom. The average Bonchev–Trinajstić information content (AvgIpc) is 2.69. The van der Waals surface area contributed by atoms with Crippen LogP contribution in [0.5, 0.6) is 0 Å². The maximum atomic E-state index is 13.9. The number of hydrogen-bond donors (Lipinski definition) is 4. The van der Waals surface area contributed by atoms with Crippen molar-refractivity contribution in [3.05, 3.63) is 58.9 Å². The SMILES string of the molecule is Cc1ccc(NC(=O)C[NH+]2CC[NH+](CC(=O)Nc3c(C)cccc3C)CC2)c(F)c1. The van der Waals surface area contributed by atoms with Gasteiger partial charge in [0.2, 0.25) is 0 Å². The Balaban J connectivity index is 1.43. The first-order valence-electron chi connectivity index (χ1n) is 10.4. The van der Waals surface area contributed by atoms with Crippen LogP contribution in [0.3, 0.4) is 0 Å². The lowest BCUT2D eigenvalue weighted by Crippen LogP contribution is -3.28. The summed E-state index contributed by atoms with van der Waals surface area (Å²) >= 11 is 0. The molecule has 2 aromatic carbocycles. The molecule has 0 aliphatic carbocycles. The van der Waals surface area contributed by atoms with Gasteiger partial charge in [-0.05, 0) is 49.6 Å². The number of anilines is 2. The number of halogens is 1. The molecule has 0 atom stereocenters. The van der Waals surface area contributed by atoms with E-state index in [1.54, 1.807) is 12.1 Å². The lowest BCUT2D eigenvalue weighted by Gasteiger charge is -2.29. The van der Waals surface area contributed by atoms with Crippen molar-refractivity contribution < 1.29 is 23.8 Å². The molecule has 30 heavy (non-hydrogen) atoms. The number of amides is 2. The predicted molar refractivity (Wildman–Crippen MR) is 115 cm³/mol. The topological polar surface area (TPSA) is 67.1 Å². The minimum atomic E-state index is -0.414. The molecule has 0 unspecified atom stereocenters. The minimum absolute atomic E-state index is 0.0124. The van der Waals surface area contributed by atoms with E-state index >= 15 is 0 Å². The first-order valence-corrected chi connectivity index (χ1v) is 10.4. The van der Waals surface area contributed by atoms with Crippen LogP contribution in [-0.4, -0.2) is 51.1 Å². The highest BCUT2D eigenvalue weighted by Crippen LogP contribution is 2.19. The Hall–Kier alpha value is -2.77. The lowest BCUT2D eigenvalue weighted by atomic mass is 10.1. The van der Waals surface area contributed by atoms with Crippen LogP contribution in [0, 0.1) is 26.6 Å². The molecule has 6 nitrogen and oxygen atoms in total. The second-order valence-corrected chi connectivity index (χ2v) is 8.20. The standard InChI is InChI=1S/C23H29FN4O2/c1-16-7-8-20(19(24)13-16)25-21(29)14-27-9-11-28(12-10-27)15-22(30)26-23-17(2)5-4-6-18(23)3/h4-8,13H,9-12,14-15H2,1-3H3,(H,25,29)(H,26,30)/p+2. The van der Waals surface area contributed by atoms with Gasteiger partial charge in [0.15, 0.2) is 13.1 Å². The third kappa shape index (κ3) is 5.87. The van der Waals surface area contributed by atoms with Gasteiger partial charge in [0.1, 0.15) is 32.0 Å². The van der Waals surface area contributed by atoms with Crippen molar-refractivity contribution in [3.63, 3.8) is 0 Å². The molecule has 1 aliphatic heterocycles. The largest absolute Gasteiger partial charge is 0.321 e. The van der Waals surface area contributed by atoms with Gasteiger partial charge in [-0.3, -0.25) is 9.59 Å². The molecule has 4 N–H and O–H groups in total. The van der Waals surface area contributed by atoms with Gasteiger partial charge in [0, 0.05) is 5.69 Å². The first-order chi connectivity index (χ1) is 14.3. The number of quaternary nitrogens is 2. The van der Waals surface area contributed by atoms with Gasteiger partial charge in [0.05, 0.1) is 5.69 Å². The van der Waals surface area contributed by atoms with E-state index in [0.29, 0.717) is 13.1 Å². The van der Waals surface area contributed by atoms with Crippen LogP contribution in [-0.2, 0) is 9.59 Å². The number of carbonyl (C=O) groups excluding carboxylic acids is 2. The smallest absolute Gasteiger partial charge is 0.279 e. The molecule has 0 spiro atoms. The van der Waals surface area contributed by atoms with Crippen LogP contribution < -0.4 is 20.4 Å². The van der Waals surface area contributed by atoms with Crippen LogP contribution in [0.1, 0.15) is 16.7 Å². The summed E-state index contributed by atoms with van der Waals surface area (Å²) < 4.78 is 13.9. The number of aryl methyl sites for hydroxylation is 3. The van der Waals surface area contributed by atoms with Crippen LogP contribution in [0.4, 0.5) is 15.8 Å². The summed E-state index contributed by atoms with van der Waals surface area (Å²) in [6.45, 7) is 9.76. The maximum absolute atomic E-state index is 13.9. The third-order valence-corrected chi connectivity index (χ3v) is 5.63. The van der Waals surface area contributed by atoms with Gasteiger partial charge in [0.25, 0.3) is 11.8 Å². The summed E-state index contributed by atoms with van der Waals surface area (Å²) in [5.41, 5.74) is 4.05. The molecule has 1 heterocycles. The zero-order valence-corrected chi connectivity index (χ0v) is 17.9. The molecule has 1 fully saturated rings. The normalized spacial score (nSPS) is 18.7. The summed E-state index contributed by atoms with van der Waals surface area (Å²) in [6.07, 6.45) is 0. The fraction of sp³-hybridized carbons (Fsp3) is 0.391. The van der Waals surface area contributed by atoms with E-state index in [-0.39, 0.29) is 17.5 Å². The highest BCUT2D eigenvalue weighted by Gasteiger charge is 2.26. The van der Waals surface area contributed by atoms with Crippen molar-refractivity contribution in [3.8, 4) is 0 Å². The zero-order valence-electron chi connectivity index (χ0n) is 17.9. The number of hydrogen-bond acceptors (Lipinski definition) is 2. The van der Waals surface area contributed by atoms with Crippen molar-refractivity contribution in [1.82, 2.24) is 0 Å². The summed E-state index contributed by atoms with van der Waals surface area (Å²) in [4.78, 5) is 27.1. The monoisotopic (exact) mass is 414 g/mol. The Morgan fingerprint density at radius 2 is 1.40 bits per heavy atom. The van der Waals surface area contributed by atoms with Crippen molar-refractivity contribution >= 4 is 23.2 Å². The minimum Gasteiger partial charge on any atom is -0.321 e. The highest BCUT2D eigenvalue weighted by atomic mass is 19.1. The maximum Gasteiger partial charge on any atom is 0.279 e. The van der Waals surface area contributed by atoms with Crippen LogP contribution in [0.2, 0.25) is 0 Å². The lowest BCUT2D eigenvalue weighted by molar-refractivity contribution is -1.00. The molecule has 2 amide bonds. The molecule has 0 radical (unpaired) electrons. The third-order valence-electron chi connectivity index (χ3n) is 5.63. The van der Waals surface area contributed by atoms with Gasteiger partial charge >= 0.3 is 0 Å². The zero-order chi connectivity index (χ0) is 21.7. The quantitative estimate of drug-likeness (QED) is 0.542. The summed E-state index contributed by atoms with van der Waals surface area (Å²) in [5.74, 6) is -0.593. The van der Waals surface area contributed by atoms with Crippen molar-refractivity contribution in [2.75, 3.05) is 49.9 Å². The van der Waals surface area contributed by atoms with Gasteiger partial charge < -0.3 is 20.4 Å². The molecule has 1 aliphatic rings. The Labute approximate surface area is 177 Å². The number of carbonyl (C=O) groups is 2. The van der Waals surface area contributed by atoms with Crippen LogP contribution in [0.15, 0.2) is 36.4 Å². The summed E-state index contributed by atoms with van der Waals surface area (Å²) in [7, 11) is 0. The highest BCUT2D eigenvalue weighted by molar-refractivity contribution is 5.93. The molecule has 0 bridgehead atoms. The van der Waals surface area contributed by atoms with Crippen molar-refractivity contribution in [1.29, 1.82) is 0 Å². The van der Waals surface area contributed by atoms with E-state index in [1.807, 2.05) is 39.0 Å². The molecule has 0 aromatic heterocycles. The molecule has 160 valence electrons. The molecule has 2 aromatic rings. The van der Waals surface area contributed by atoms with Crippen molar-refractivity contribution in [2.24, 2.45) is 0 Å². The Morgan fingerprint density at radius 1 is 0.867 bits per heavy atom. The van der Waals surface area contributed by atoms with Gasteiger partial charge in [-0.25, -0.2) is 4.39 Å². The number of para-hydroxylation sites is 1. The van der Waals surface area contributed by atoms with Gasteiger partial charge in [-0.15, -0.1) is 0 Å². The van der Waals surface area contributed by atoms with E-state index in [0.717, 1.165) is 53.5 Å². The van der Waals surface area contributed by atoms with Gasteiger partial charge in [-0.1, -0.05) is 24.3 Å². The number of rotatable bonds is 6. The average molecular weight is 415 g/mol. The molecular formula is C23H31FN4O2+2. The van der Waals surface area contributed by atoms with Crippen LogP contribution >= 0.6 is 0 Å². The summed E-state index contributed by atoms with van der Waals surface area (Å²) in [6, 6.07) is 10.7. The molecule has 7 heteroatoms. The number of benzene rings is 2. The predicted octanol–water partition coefficient (Wildman–Crippen LogP) is 0.112. The van der Waals surface area contributed by atoms with E-state index in [4.69, 9.17) is 0 Å². The fourth-order valence-electron chi connectivity index (χ4n) is 3.88.